The molecular formula is C87H54N4S2. The van der Waals surface area contributed by atoms with Crippen LogP contribution in [0.25, 0.3) is 183 Å². The number of aryl methyl sites for hydroxylation is 1. The zero-order chi connectivity index (χ0) is 61.5. The molecule has 6 heteroatoms. The van der Waals surface area contributed by atoms with E-state index in [1.165, 1.54) is 145 Å². The van der Waals surface area contributed by atoms with Crippen molar-refractivity contribution in [2.75, 3.05) is 0 Å². The van der Waals surface area contributed by atoms with Gasteiger partial charge in [0.25, 0.3) is 0 Å². The topological polar surface area (TPSA) is 51.6 Å². The highest BCUT2D eigenvalue weighted by Gasteiger charge is 2.20. The quantitative estimate of drug-likeness (QED) is 0.149. The second-order valence-electron chi connectivity index (χ2n) is 24.1. The first-order valence-electron chi connectivity index (χ1n) is 31.5. The van der Waals surface area contributed by atoms with Gasteiger partial charge < -0.3 is 0 Å². The molecule has 0 saturated carbocycles. The van der Waals surface area contributed by atoms with E-state index in [9.17, 15) is 0 Å². The average molecular weight is 1220 g/mol. The van der Waals surface area contributed by atoms with Crippen molar-refractivity contribution < 1.29 is 0 Å². The predicted molar refractivity (Wildman–Crippen MR) is 398 cm³/mol. The Hall–Kier alpha value is -11.5. The summed E-state index contributed by atoms with van der Waals surface area (Å²) in [6, 6.07) is 104. The van der Waals surface area contributed by atoms with Crippen molar-refractivity contribution in [1.82, 2.24) is 19.9 Å². The smallest absolute Gasteiger partial charge is 0.0971 e. The van der Waals surface area contributed by atoms with Gasteiger partial charge in [-0.25, -0.2) is 0 Å². The van der Waals surface area contributed by atoms with E-state index in [0.29, 0.717) is 0 Å². The molecule has 19 aromatic rings. The molecule has 0 amide bonds. The van der Waals surface area contributed by atoms with E-state index < -0.39 is 0 Å². The van der Waals surface area contributed by atoms with E-state index >= 15 is 0 Å². The highest BCUT2D eigenvalue weighted by Crippen LogP contribution is 2.48. The number of rotatable bonds is 7. The van der Waals surface area contributed by atoms with Crippen molar-refractivity contribution in [1.29, 1.82) is 0 Å². The van der Waals surface area contributed by atoms with Crippen LogP contribution in [0.2, 0.25) is 0 Å². The second kappa shape index (κ2) is 22.4. The molecule has 0 aliphatic heterocycles. The minimum absolute atomic E-state index is 0.940. The summed E-state index contributed by atoms with van der Waals surface area (Å²) in [5.74, 6) is 0. The number of hydrogen-bond acceptors (Lipinski definition) is 6. The summed E-state index contributed by atoms with van der Waals surface area (Å²) in [6.45, 7) is 2.16. The van der Waals surface area contributed by atoms with Crippen LogP contribution in [0.1, 0.15) is 5.56 Å². The zero-order valence-electron chi connectivity index (χ0n) is 50.6. The molecular weight excluding hydrogens is 1170 g/mol. The van der Waals surface area contributed by atoms with Crippen molar-refractivity contribution in [3.05, 3.63) is 315 Å². The highest BCUT2D eigenvalue weighted by molar-refractivity contribution is 7.27. The van der Waals surface area contributed by atoms with E-state index in [4.69, 9.17) is 9.97 Å². The molecule has 0 spiro atoms. The van der Waals surface area contributed by atoms with E-state index in [0.717, 1.165) is 43.6 Å². The molecule has 4 aromatic heterocycles. The number of thiophene rings is 2. The summed E-state index contributed by atoms with van der Waals surface area (Å²) in [4.78, 5) is 18.8. The summed E-state index contributed by atoms with van der Waals surface area (Å²) < 4.78 is 5.31. The van der Waals surface area contributed by atoms with E-state index in [1.54, 1.807) is 24.8 Å². The van der Waals surface area contributed by atoms with Crippen LogP contribution in [0, 0.1) is 6.92 Å². The van der Waals surface area contributed by atoms with Crippen molar-refractivity contribution in [3.8, 4) is 77.9 Å². The molecule has 0 saturated heterocycles. The average Bonchev–Trinajstić information content (AvgIpc) is 1.64. The van der Waals surface area contributed by atoms with Crippen LogP contribution >= 0.6 is 22.7 Å². The van der Waals surface area contributed by atoms with Gasteiger partial charge in [0.15, 0.2) is 0 Å². The van der Waals surface area contributed by atoms with Crippen LogP contribution < -0.4 is 0 Å². The Morgan fingerprint density at radius 1 is 0.204 bits per heavy atom. The summed E-state index contributed by atoms with van der Waals surface area (Å²) in [5, 5.41) is 14.6. The fourth-order valence-electron chi connectivity index (χ4n) is 14.0. The Kier molecular flexibility index (Phi) is 13.1. The van der Waals surface area contributed by atoms with Crippen molar-refractivity contribution in [2.24, 2.45) is 0 Å². The third-order valence-corrected chi connectivity index (χ3v) is 21.0. The number of aromatic nitrogens is 4. The minimum Gasteiger partial charge on any atom is -0.252 e. The lowest BCUT2D eigenvalue weighted by Crippen LogP contribution is -1.89. The first kappa shape index (κ1) is 54.4. The summed E-state index contributed by atoms with van der Waals surface area (Å²) in [5.41, 5.74) is 22.2. The van der Waals surface area contributed by atoms with Crippen LogP contribution in [-0.2, 0) is 0 Å². The van der Waals surface area contributed by atoms with Crippen molar-refractivity contribution in [2.45, 2.75) is 6.92 Å². The summed E-state index contributed by atoms with van der Waals surface area (Å²) >= 11 is 3.77. The number of nitrogens with zero attached hydrogens (tertiary/aromatic N) is 4. The molecule has 0 aliphatic rings. The molecule has 0 atom stereocenters. The molecule has 0 N–H and O–H groups in total. The Morgan fingerprint density at radius 2 is 0.516 bits per heavy atom. The Labute approximate surface area is 544 Å². The lowest BCUT2D eigenvalue weighted by molar-refractivity contribution is 1.31. The molecule has 0 aliphatic carbocycles. The van der Waals surface area contributed by atoms with Crippen LogP contribution in [-0.4, -0.2) is 19.9 Å². The first-order valence-corrected chi connectivity index (χ1v) is 33.1. The number of benzene rings is 15. The maximum Gasteiger partial charge on any atom is 0.0971 e. The molecule has 4 heterocycles. The standard InChI is InChI=1S/C52H32N2S.C35H22N2S/c1-4-12-33(13-5-1)39-29-44(36-14-6-2-7-15-36)51-47(31-39)48-32-40(30-45(52(48)55-51)37-16-8-3-9-17-37)35-22-20-34(21-23-35)38-24-25-43-46(28-38)41-18-10-11-19-42(41)49-50(43)54-27-26-53-49;1-21-6-14-32-30(18-21)31-20-25(12-15-33(31)38-32)23-9-7-22(8-10-23)24-11-13-28-29(19-24)26-4-2-3-5-27(26)34-35(28)37-17-16-36-34/h1-32H;2-20H,1H3. The van der Waals surface area contributed by atoms with E-state index in [2.05, 4.69) is 302 Å². The van der Waals surface area contributed by atoms with Gasteiger partial charge in [-0.2, -0.15) is 0 Å². The van der Waals surface area contributed by atoms with Crippen LogP contribution in [0.15, 0.2) is 310 Å². The van der Waals surface area contributed by atoms with Gasteiger partial charge in [0.2, 0.25) is 0 Å². The zero-order valence-corrected chi connectivity index (χ0v) is 52.2. The third-order valence-electron chi connectivity index (χ3n) is 18.6. The number of fused-ring (bicyclic) bond motifs is 18. The Morgan fingerprint density at radius 3 is 0.957 bits per heavy atom. The predicted octanol–water partition coefficient (Wildman–Crippen LogP) is 24.6. The molecule has 0 bridgehead atoms. The van der Waals surface area contributed by atoms with Crippen LogP contribution in [0.3, 0.4) is 0 Å². The largest absolute Gasteiger partial charge is 0.252 e. The number of hydrogen-bond donors (Lipinski definition) is 0. The molecule has 4 nitrogen and oxygen atoms in total. The molecule has 434 valence electrons. The lowest BCUT2D eigenvalue weighted by Gasteiger charge is -2.12. The molecule has 0 radical (unpaired) electrons. The normalized spacial score (nSPS) is 11.7. The lowest BCUT2D eigenvalue weighted by atomic mass is 9.92. The fraction of sp³-hybridized carbons (Fsp3) is 0.0115. The van der Waals surface area contributed by atoms with Gasteiger partial charge in [0.05, 0.1) is 22.1 Å². The molecule has 15 aromatic carbocycles. The van der Waals surface area contributed by atoms with Crippen LogP contribution in [0.4, 0.5) is 0 Å². The van der Waals surface area contributed by atoms with Gasteiger partial charge in [0.1, 0.15) is 0 Å². The second-order valence-corrected chi connectivity index (χ2v) is 26.2. The molecule has 93 heavy (non-hydrogen) atoms. The van der Waals surface area contributed by atoms with E-state index in [1.807, 2.05) is 22.7 Å². The summed E-state index contributed by atoms with van der Waals surface area (Å²) in [6.07, 6.45) is 7.12. The van der Waals surface area contributed by atoms with E-state index in [-0.39, 0.29) is 0 Å². The monoisotopic (exact) mass is 1220 g/mol. The third kappa shape index (κ3) is 9.49. The fourth-order valence-corrected chi connectivity index (χ4v) is 16.4. The SMILES string of the molecule is Cc1ccc2sc3ccc(-c4ccc(-c5ccc6c(c5)c5ccccc5c5nccnc65)cc4)cc3c2c1.c1ccc(-c2cc(-c3ccccc3)c3sc4c(-c5ccccc5)cc(-c5ccc(-c6ccc7c(c6)c6ccccc6c6nccnc76)cc5)cc4c3c2)cc1. The Balaban J connectivity index is 0.000000146. The van der Waals surface area contributed by atoms with Crippen LogP contribution in [0.5, 0.6) is 0 Å². The van der Waals surface area contributed by atoms with Gasteiger partial charge in [-0.05, 0) is 156 Å². The molecule has 19 rings (SSSR count). The van der Waals surface area contributed by atoms with Gasteiger partial charge in [-0.3, -0.25) is 19.9 Å². The summed E-state index contributed by atoms with van der Waals surface area (Å²) in [7, 11) is 0. The van der Waals surface area contributed by atoms with Gasteiger partial charge in [-0.15, -0.1) is 22.7 Å². The highest BCUT2D eigenvalue weighted by atomic mass is 32.1. The molecule has 0 fully saturated rings. The maximum atomic E-state index is 4.75. The van der Waals surface area contributed by atoms with Crippen molar-refractivity contribution in [3.63, 3.8) is 0 Å². The van der Waals surface area contributed by atoms with Gasteiger partial charge in [-0.1, -0.05) is 230 Å². The first-order chi connectivity index (χ1) is 46.0. The van der Waals surface area contributed by atoms with Crippen molar-refractivity contribution >= 4 is 128 Å². The minimum atomic E-state index is 0.940. The maximum absolute atomic E-state index is 4.75. The van der Waals surface area contributed by atoms with Gasteiger partial charge in [0, 0.05) is 97.8 Å². The Bertz CT molecular complexity index is 6090. The van der Waals surface area contributed by atoms with Gasteiger partial charge >= 0.3 is 0 Å². The molecule has 0 unspecified atom stereocenters.